The molecule has 0 radical (unpaired) electrons. The fourth-order valence-electron chi connectivity index (χ4n) is 1.28. The first-order chi connectivity index (χ1) is 9.08. The number of halogens is 1. The van der Waals surface area contributed by atoms with E-state index in [0.29, 0.717) is 4.88 Å². The number of nitrogens with one attached hydrogen (secondary N) is 3. The second kappa shape index (κ2) is 5.81. The lowest BCUT2D eigenvalue weighted by Crippen LogP contribution is -2.43. The van der Waals surface area contributed by atoms with E-state index < -0.39 is 17.4 Å². The highest BCUT2D eigenvalue weighted by molar-refractivity contribution is 9.11. The third-order valence-corrected chi connectivity index (χ3v) is 3.77. The number of carbonyl (C=O) groups is 2. The third kappa shape index (κ3) is 3.30. The number of hydrazine groups is 1. The summed E-state index contributed by atoms with van der Waals surface area (Å²) in [6, 6.07) is 6.23. The van der Waals surface area contributed by atoms with Gasteiger partial charge in [-0.05, 0) is 40.2 Å². The first kappa shape index (κ1) is 13.5. The van der Waals surface area contributed by atoms with E-state index in [0.717, 1.165) is 3.79 Å². The van der Waals surface area contributed by atoms with Crippen molar-refractivity contribution in [1.82, 2.24) is 15.8 Å². The Bertz CT molecular complexity index is 680. The summed E-state index contributed by atoms with van der Waals surface area (Å²) in [7, 11) is 0. The number of amides is 2. The van der Waals surface area contributed by atoms with Crippen molar-refractivity contribution in [2.24, 2.45) is 0 Å². The van der Waals surface area contributed by atoms with Crippen LogP contribution in [-0.2, 0) is 0 Å². The number of thiophene rings is 1. The van der Waals surface area contributed by atoms with Gasteiger partial charge in [0, 0.05) is 6.20 Å². The van der Waals surface area contributed by atoms with Gasteiger partial charge in [0.15, 0.2) is 0 Å². The molecule has 0 saturated carbocycles. The summed E-state index contributed by atoms with van der Waals surface area (Å²) >= 11 is 4.46. The number of H-pyrrole nitrogens is 1. The molecule has 0 aliphatic rings. The number of hydrogen-bond donors (Lipinski definition) is 3. The van der Waals surface area contributed by atoms with Crippen LogP contribution in [0.25, 0.3) is 0 Å². The Labute approximate surface area is 120 Å². The number of pyridine rings is 1. The Kier molecular flexibility index (Phi) is 4.13. The molecule has 8 heteroatoms. The summed E-state index contributed by atoms with van der Waals surface area (Å²) in [5, 5.41) is 0. The molecule has 0 bridgehead atoms. The zero-order valence-electron chi connectivity index (χ0n) is 9.40. The summed E-state index contributed by atoms with van der Waals surface area (Å²) < 4.78 is 0.809. The van der Waals surface area contributed by atoms with E-state index in [1.165, 1.54) is 29.7 Å². The van der Waals surface area contributed by atoms with Crippen molar-refractivity contribution in [3.8, 4) is 0 Å². The van der Waals surface area contributed by atoms with Crippen LogP contribution in [-0.4, -0.2) is 16.8 Å². The molecule has 0 aromatic carbocycles. The Balaban J connectivity index is 2.00. The van der Waals surface area contributed by atoms with Crippen molar-refractivity contribution in [1.29, 1.82) is 0 Å². The van der Waals surface area contributed by atoms with E-state index in [1.807, 2.05) is 0 Å². The number of carbonyl (C=O) groups excluding carboxylic acids is 2. The molecule has 2 heterocycles. The van der Waals surface area contributed by atoms with Gasteiger partial charge in [-0.3, -0.25) is 25.2 Å². The molecule has 0 unspecified atom stereocenters. The van der Waals surface area contributed by atoms with Gasteiger partial charge in [0.2, 0.25) is 0 Å². The first-order valence-electron chi connectivity index (χ1n) is 5.11. The van der Waals surface area contributed by atoms with Gasteiger partial charge in [-0.15, -0.1) is 11.3 Å². The van der Waals surface area contributed by atoms with E-state index in [1.54, 1.807) is 12.1 Å². The summed E-state index contributed by atoms with van der Waals surface area (Å²) in [5.74, 6) is -1.12. The predicted octanol–water partition coefficient (Wildman–Crippen LogP) is 1.27. The number of hydrogen-bond acceptors (Lipinski definition) is 4. The maximum absolute atomic E-state index is 11.7. The monoisotopic (exact) mass is 341 g/mol. The average molecular weight is 342 g/mol. The molecule has 2 rings (SSSR count). The van der Waals surface area contributed by atoms with Gasteiger partial charge in [0.25, 0.3) is 17.4 Å². The van der Waals surface area contributed by atoms with Gasteiger partial charge in [0.05, 0.1) is 8.66 Å². The second-order valence-corrected chi connectivity index (χ2v) is 5.89. The van der Waals surface area contributed by atoms with Crippen LogP contribution in [0.5, 0.6) is 0 Å². The Morgan fingerprint density at radius 1 is 1.16 bits per heavy atom. The largest absolute Gasteiger partial charge is 0.328 e. The quantitative estimate of drug-likeness (QED) is 0.718. The van der Waals surface area contributed by atoms with Crippen molar-refractivity contribution in [2.75, 3.05) is 0 Å². The maximum atomic E-state index is 11.7. The molecule has 0 aliphatic heterocycles. The lowest BCUT2D eigenvalue weighted by atomic mass is 10.3. The van der Waals surface area contributed by atoms with E-state index >= 15 is 0 Å². The molecule has 6 nitrogen and oxygen atoms in total. The number of aromatic amines is 1. The summed E-state index contributed by atoms with van der Waals surface area (Å²) in [6.07, 6.45) is 1.42. The van der Waals surface area contributed by atoms with Gasteiger partial charge in [0.1, 0.15) is 5.56 Å². The third-order valence-electron chi connectivity index (χ3n) is 2.15. The van der Waals surface area contributed by atoms with E-state index in [4.69, 9.17) is 0 Å². The second-order valence-electron chi connectivity index (χ2n) is 3.42. The Morgan fingerprint density at radius 2 is 1.89 bits per heavy atom. The molecule has 2 amide bonds. The van der Waals surface area contributed by atoms with Gasteiger partial charge < -0.3 is 4.98 Å². The van der Waals surface area contributed by atoms with E-state index in [9.17, 15) is 14.4 Å². The zero-order chi connectivity index (χ0) is 13.8. The van der Waals surface area contributed by atoms with Crippen molar-refractivity contribution in [3.05, 3.63) is 55.0 Å². The maximum Gasteiger partial charge on any atom is 0.279 e. The van der Waals surface area contributed by atoms with Crippen LogP contribution in [0.3, 0.4) is 0 Å². The van der Waals surface area contributed by atoms with Crippen molar-refractivity contribution >= 4 is 39.1 Å². The normalized spacial score (nSPS) is 9.95. The predicted molar refractivity (Wildman–Crippen MR) is 74.0 cm³/mol. The van der Waals surface area contributed by atoms with Crippen LogP contribution >= 0.6 is 27.3 Å². The highest BCUT2D eigenvalue weighted by Crippen LogP contribution is 2.21. The van der Waals surface area contributed by atoms with Gasteiger partial charge >= 0.3 is 0 Å². The zero-order valence-corrected chi connectivity index (χ0v) is 11.8. The topological polar surface area (TPSA) is 91.1 Å². The molecule has 0 aliphatic carbocycles. The molecular weight excluding hydrogens is 334 g/mol. The van der Waals surface area contributed by atoms with Crippen LogP contribution in [0.15, 0.2) is 39.0 Å². The molecule has 19 heavy (non-hydrogen) atoms. The molecule has 0 spiro atoms. The summed E-state index contributed by atoms with van der Waals surface area (Å²) in [6.45, 7) is 0. The number of rotatable bonds is 2. The van der Waals surface area contributed by atoms with E-state index in [2.05, 4.69) is 31.8 Å². The number of aromatic nitrogens is 1. The van der Waals surface area contributed by atoms with Crippen molar-refractivity contribution in [3.63, 3.8) is 0 Å². The lowest BCUT2D eigenvalue weighted by molar-refractivity contribution is 0.0848. The Morgan fingerprint density at radius 3 is 2.53 bits per heavy atom. The van der Waals surface area contributed by atoms with Crippen molar-refractivity contribution in [2.45, 2.75) is 0 Å². The fraction of sp³-hybridized carbons (Fsp3) is 0. The van der Waals surface area contributed by atoms with Crippen LogP contribution in [0.1, 0.15) is 20.0 Å². The summed E-state index contributed by atoms with van der Waals surface area (Å²) in [4.78, 5) is 37.5. The van der Waals surface area contributed by atoms with Gasteiger partial charge in [-0.2, -0.15) is 0 Å². The molecule has 0 fully saturated rings. The summed E-state index contributed by atoms with van der Waals surface area (Å²) in [5.41, 5.74) is 3.82. The molecule has 0 saturated heterocycles. The van der Waals surface area contributed by atoms with Crippen molar-refractivity contribution < 1.29 is 9.59 Å². The van der Waals surface area contributed by atoms with Gasteiger partial charge in [-0.1, -0.05) is 0 Å². The molecular formula is C11H8BrN3O3S. The molecule has 2 aromatic rings. The Hall–Kier alpha value is -1.93. The van der Waals surface area contributed by atoms with Crippen LogP contribution in [0.2, 0.25) is 0 Å². The first-order valence-corrected chi connectivity index (χ1v) is 6.72. The minimum Gasteiger partial charge on any atom is -0.328 e. The standard InChI is InChI=1S/C11H8BrN3O3S/c12-8-4-3-7(19-8)11(18)15-14-10(17)6-2-1-5-13-9(6)16/h1-5H,(H,13,16)(H,14,17)(H,15,18). The molecule has 3 N–H and O–H groups in total. The average Bonchev–Trinajstić information content (AvgIpc) is 2.83. The van der Waals surface area contributed by atoms with Gasteiger partial charge in [-0.25, -0.2) is 0 Å². The SMILES string of the molecule is O=C(NNC(=O)c1ccc[nH]c1=O)c1ccc(Br)s1. The van der Waals surface area contributed by atoms with E-state index in [-0.39, 0.29) is 5.56 Å². The minimum absolute atomic E-state index is 0.0739. The fourth-order valence-corrected chi connectivity index (χ4v) is 2.56. The minimum atomic E-state index is -0.675. The van der Waals surface area contributed by atoms with Crippen LogP contribution in [0.4, 0.5) is 0 Å². The molecule has 2 aromatic heterocycles. The lowest BCUT2D eigenvalue weighted by Gasteiger charge is -2.05. The highest BCUT2D eigenvalue weighted by Gasteiger charge is 2.12. The smallest absolute Gasteiger partial charge is 0.279 e. The van der Waals surface area contributed by atoms with Crippen LogP contribution in [0, 0.1) is 0 Å². The highest BCUT2D eigenvalue weighted by atomic mass is 79.9. The molecule has 0 atom stereocenters. The van der Waals surface area contributed by atoms with Crippen LogP contribution < -0.4 is 16.4 Å². The molecule has 98 valence electrons.